The molecule has 0 bridgehead atoms. The molecule has 1 fully saturated rings. The van der Waals surface area contributed by atoms with E-state index in [1.54, 1.807) is 0 Å². The van der Waals surface area contributed by atoms with Crippen LogP contribution in [0.5, 0.6) is 0 Å². The number of rotatable bonds is 6. The number of hydrogen-bond donors (Lipinski definition) is 0. The topological polar surface area (TPSA) is 50.1 Å². The van der Waals surface area contributed by atoms with Gasteiger partial charge in [-0.1, -0.05) is 78.9 Å². The molecule has 1 aliphatic rings. The summed E-state index contributed by atoms with van der Waals surface area (Å²) in [5.74, 6) is 1.82. The number of aromatic nitrogens is 4. The fourth-order valence-corrected chi connectivity index (χ4v) is 4.98. The summed E-state index contributed by atoms with van der Waals surface area (Å²) in [7, 11) is 0. The Balaban J connectivity index is 1.34. The van der Waals surface area contributed by atoms with E-state index in [4.69, 9.17) is 15.1 Å². The fraction of sp³-hybridized carbons (Fsp3) is 0.233. The van der Waals surface area contributed by atoms with Gasteiger partial charge in [0.25, 0.3) is 0 Å². The maximum atomic E-state index is 5.12. The summed E-state index contributed by atoms with van der Waals surface area (Å²) in [6, 6.07) is 31.4. The van der Waals surface area contributed by atoms with Crippen molar-refractivity contribution >= 4 is 16.9 Å². The maximum Gasteiger partial charge on any atom is 0.168 e. The van der Waals surface area contributed by atoms with Crippen LogP contribution in [0.2, 0.25) is 0 Å². The molecule has 3 aromatic carbocycles. The van der Waals surface area contributed by atoms with Gasteiger partial charge in [-0.15, -0.1) is 0 Å². The molecule has 0 N–H and O–H groups in total. The molecule has 5 aromatic rings. The van der Waals surface area contributed by atoms with Gasteiger partial charge in [0, 0.05) is 39.1 Å². The van der Waals surface area contributed by atoms with Gasteiger partial charge in [-0.2, -0.15) is 5.10 Å². The van der Waals surface area contributed by atoms with Crippen molar-refractivity contribution in [3.63, 3.8) is 0 Å². The second-order valence-corrected chi connectivity index (χ2v) is 9.36. The lowest BCUT2D eigenvalue weighted by Gasteiger charge is -2.24. The zero-order valence-corrected chi connectivity index (χ0v) is 20.4. The van der Waals surface area contributed by atoms with Crippen molar-refractivity contribution in [1.29, 1.82) is 0 Å². The summed E-state index contributed by atoms with van der Waals surface area (Å²) in [6.45, 7) is 4.97. The second-order valence-electron chi connectivity index (χ2n) is 9.36. The Morgan fingerprint density at radius 3 is 2.11 bits per heavy atom. The van der Waals surface area contributed by atoms with Crippen molar-refractivity contribution < 1.29 is 0 Å². The molecule has 0 atom stereocenters. The first-order valence-corrected chi connectivity index (χ1v) is 12.7. The smallest absolute Gasteiger partial charge is 0.168 e. The highest BCUT2D eigenvalue weighted by Crippen LogP contribution is 2.27. The standard InChI is InChI=1S/C30H30N6/c1-4-11-24(12-5-1)21-28-32-29(27-22-31-36(30(27)33-28)26-15-8-3-9-16-26)35-18-10-17-34(19-20-35)23-25-13-6-2-7-14-25/h1-9,11-16,22H,10,17-21,23H2. The SMILES string of the molecule is c1ccc(Cc2nc(N3CCCN(Cc4ccccc4)CC3)c3cnn(-c4ccccc4)c3n2)cc1. The molecule has 2 aromatic heterocycles. The third-order valence-electron chi connectivity index (χ3n) is 6.80. The van der Waals surface area contributed by atoms with E-state index >= 15 is 0 Å². The molecular weight excluding hydrogens is 444 g/mol. The van der Waals surface area contributed by atoms with Gasteiger partial charge in [0.2, 0.25) is 0 Å². The van der Waals surface area contributed by atoms with Crippen LogP contribution in [0.4, 0.5) is 5.82 Å². The Morgan fingerprint density at radius 2 is 1.36 bits per heavy atom. The van der Waals surface area contributed by atoms with Gasteiger partial charge in [0.1, 0.15) is 11.6 Å². The van der Waals surface area contributed by atoms with Crippen molar-refractivity contribution in [2.24, 2.45) is 0 Å². The molecule has 1 aliphatic heterocycles. The maximum absolute atomic E-state index is 5.12. The summed E-state index contributed by atoms with van der Waals surface area (Å²) in [4.78, 5) is 15.1. The average Bonchev–Trinajstić information content (AvgIpc) is 3.22. The molecule has 0 saturated carbocycles. The van der Waals surface area contributed by atoms with Crippen molar-refractivity contribution in [2.75, 3.05) is 31.1 Å². The van der Waals surface area contributed by atoms with Gasteiger partial charge in [-0.3, -0.25) is 4.90 Å². The normalized spacial score (nSPS) is 14.7. The van der Waals surface area contributed by atoms with E-state index < -0.39 is 0 Å². The Labute approximate surface area is 211 Å². The van der Waals surface area contributed by atoms with E-state index in [1.807, 2.05) is 35.1 Å². The molecule has 36 heavy (non-hydrogen) atoms. The number of hydrogen-bond acceptors (Lipinski definition) is 5. The first kappa shape index (κ1) is 22.4. The summed E-state index contributed by atoms with van der Waals surface area (Å²) >= 11 is 0. The van der Waals surface area contributed by atoms with Crippen LogP contribution in [0.1, 0.15) is 23.4 Å². The highest BCUT2D eigenvalue weighted by molar-refractivity contribution is 5.88. The number of fused-ring (bicyclic) bond motifs is 1. The lowest BCUT2D eigenvalue weighted by molar-refractivity contribution is 0.285. The second kappa shape index (κ2) is 10.3. The Morgan fingerprint density at radius 1 is 0.667 bits per heavy atom. The molecule has 180 valence electrons. The lowest BCUT2D eigenvalue weighted by atomic mass is 10.1. The number of nitrogens with zero attached hydrogens (tertiary/aromatic N) is 6. The fourth-order valence-electron chi connectivity index (χ4n) is 4.98. The van der Waals surface area contributed by atoms with Gasteiger partial charge < -0.3 is 4.90 Å². The van der Waals surface area contributed by atoms with Crippen LogP contribution in [0.25, 0.3) is 16.7 Å². The van der Waals surface area contributed by atoms with Crippen LogP contribution in [0, 0.1) is 0 Å². The molecule has 0 radical (unpaired) electrons. The molecule has 1 saturated heterocycles. The van der Waals surface area contributed by atoms with Crippen LogP contribution in [0.15, 0.2) is 97.2 Å². The summed E-state index contributed by atoms with van der Waals surface area (Å²) < 4.78 is 1.94. The molecule has 6 nitrogen and oxygen atoms in total. The minimum absolute atomic E-state index is 0.692. The van der Waals surface area contributed by atoms with Crippen LogP contribution in [0.3, 0.4) is 0 Å². The first-order valence-electron chi connectivity index (χ1n) is 12.7. The van der Waals surface area contributed by atoms with E-state index in [2.05, 4.69) is 76.5 Å². The molecular formula is C30H30N6. The molecule has 0 amide bonds. The van der Waals surface area contributed by atoms with Gasteiger partial charge in [0.05, 0.1) is 17.3 Å². The van der Waals surface area contributed by atoms with E-state index in [0.717, 1.165) is 67.5 Å². The monoisotopic (exact) mass is 474 g/mol. The van der Waals surface area contributed by atoms with E-state index in [9.17, 15) is 0 Å². The number of benzene rings is 3. The summed E-state index contributed by atoms with van der Waals surface area (Å²) in [5.41, 5.74) is 4.44. The molecule has 0 aliphatic carbocycles. The molecule has 6 rings (SSSR count). The zero-order valence-electron chi connectivity index (χ0n) is 20.4. The van der Waals surface area contributed by atoms with Crippen LogP contribution < -0.4 is 4.90 Å². The van der Waals surface area contributed by atoms with Crippen molar-refractivity contribution in [1.82, 2.24) is 24.6 Å². The third kappa shape index (κ3) is 4.86. The summed E-state index contributed by atoms with van der Waals surface area (Å²) in [6.07, 6.45) is 3.72. The van der Waals surface area contributed by atoms with Crippen molar-refractivity contribution in [3.05, 3.63) is 114 Å². The highest BCUT2D eigenvalue weighted by Gasteiger charge is 2.22. The first-order chi connectivity index (χ1) is 17.8. The van der Waals surface area contributed by atoms with Crippen LogP contribution >= 0.6 is 0 Å². The van der Waals surface area contributed by atoms with Gasteiger partial charge >= 0.3 is 0 Å². The predicted octanol–water partition coefficient (Wildman–Crippen LogP) is 5.12. The van der Waals surface area contributed by atoms with E-state index in [-0.39, 0.29) is 0 Å². The van der Waals surface area contributed by atoms with Crippen LogP contribution in [-0.4, -0.2) is 50.8 Å². The lowest BCUT2D eigenvalue weighted by Crippen LogP contribution is -2.31. The highest BCUT2D eigenvalue weighted by atomic mass is 15.3. The quantitative estimate of drug-likeness (QED) is 0.342. The average molecular weight is 475 g/mol. The van der Waals surface area contributed by atoms with Gasteiger partial charge in [-0.25, -0.2) is 14.6 Å². The molecule has 6 heteroatoms. The van der Waals surface area contributed by atoms with Gasteiger partial charge in [0.15, 0.2) is 5.65 Å². The minimum Gasteiger partial charge on any atom is -0.355 e. The van der Waals surface area contributed by atoms with Crippen LogP contribution in [-0.2, 0) is 13.0 Å². The van der Waals surface area contributed by atoms with E-state index in [0.29, 0.717) is 6.42 Å². The molecule has 0 unspecified atom stereocenters. The number of anilines is 1. The van der Waals surface area contributed by atoms with Crippen molar-refractivity contribution in [3.8, 4) is 5.69 Å². The van der Waals surface area contributed by atoms with Gasteiger partial charge in [-0.05, 0) is 29.7 Å². The minimum atomic E-state index is 0.692. The Hall–Kier alpha value is -4.03. The largest absolute Gasteiger partial charge is 0.355 e. The molecule has 3 heterocycles. The van der Waals surface area contributed by atoms with E-state index in [1.165, 1.54) is 11.1 Å². The predicted molar refractivity (Wildman–Crippen MR) is 144 cm³/mol. The zero-order chi connectivity index (χ0) is 24.2. The third-order valence-corrected chi connectivity index (χ3v) is 6.80. The Bertz CT molecular complexity index is 1420. The number of para-hydroxylation sites is 1. The van der Waals surface area contributed by atoms with Crippen molar-refractivity contribution in [2.45, 2.75) is 19.4 Å². The molecule has 0 spiro atoms. The Kier molecular flexibility index (Phi) is 6.42. The summed E-state index contributed by atoms with van der Waals surface area (Å²) in [5, 5.41) is 5.75.